The van der Waals surface area contributed by atoms with Crippen LogP contribution in [0.1, 0.15) is 73.3 Å². The van der Waals surface area contributed by atoms with E-state index in [2.05, 4.69) is 35.2 Å². The summed E-state index contributed by atoms with van der Waals surface area (Å²) < 4.78 is 13.6. The number of hydrogen-bond donors (Lipinski definition) is 0. The molecule has 0 radical (unpaired) electrons. The summed E-state index contributed by atoms with van der Waals surface area (Å²) in [6.07, 6.45) is 6.23. The summed E-state index contributed by atoms with van der Waals surface area (Å²) in [5, 5.41) is 4.43. The van der Waals surface area contributed by atoms with Crippen molar-refractivity contribution in [3.63, 3.8) is 0 Å². The topological polar surface area (TPSA) is 56.6 Å². The van der Waals surface area contributed by atoms with E-state index in [9.17, 15) is 4.79 Å². The van der Waals surface area contributed by atoms with Gasteiger partial charge < -0.3 is 14.4 Å². The third-order valence-corrected chi connectivity index (χ3v) is 7.13. The van der Waals surface area contributed by atoms with Crippen molar-refractivity contribution in [2.45, 2.75) is 58.1 Å². The maximum absolute atomic E-state index is 12.0. The second-order valence-electron chi connectivity index (χ2n) is 9.54. The number of nitrogens with zero attached hydrogens (tertiary/aromatic N) is 3. The van der Waals surface area contributed by atoms with Crippen LogP contribution in [-0.4, -0.2) is 35.8 Å². The maximum Gasteiger partial charge on any atom is 0.183 e. The van der Waals surface area contributed by atoms with Crippen LogP contribution in [0.25, 0.3) is 0 Å². The van der Waals surface area contributed by atoms with E-state index in [1.54, 1.807) is 5.57 Å². The number of ketones is 1. The van der Waals surface area contributed by atoms with Gasteiger partial charge in [0.2, 0.25) is 0 Å². The van der Waals surface area contributed by atoms with Crippen molar-refractivity contribution in [2.75, 3.05) is 25.2 Å². The highest BCUT2D eigenvalue weighted by molar-refractivity contribution is 5.94. The first-order chi connectivity index (χ1) is 17.7. The fraction of sp³-hybridized carbons (Fsp3) is 0.400. The van der Waals surface area contributed by atoms with Crippen LogP contribution < -0.4 is 9.64 Å². The molecule has 6 nitrogen and oxygen atoms in total. The number of carbonyl (C=O) groups is 1. The number of carbonyl (C=O) groups excluding carboxylic acids is 1. The lowest BCUT2D eigenvalue weighted by Crippen LogP contribution is -2.22. The Balaban J connectivity index is 0.000000152. The summed E-state index contributed by atoms with van der Waals surface area (Å²) in [5.41, 5.74) is 6.95. The zero-order valence-corrected chi connectivity index (χ0v) is 21.3. The predicted octanol–water partition coefficient (Wildman–Crippen LogP) is 6.33. The molecule has 1 aromatic heterocycles. The molecule has 1 fully saturated rings. The molecule has 0 amide bonds. The molecule has 1 unspecified atom stereocenters. The van der Waals surface area contributed by atoms with Crippen molar-refractivity contribution in [1.29, 1.82) is 0 Å². The van der Waals surface area contributed by atoms with Crippen molar-refractivity contribution >= 4 is 11.5 Å². The second-order valence-corrected chi connectivity index (χ2v) is 9.54. The van der Waals surface area contributed by atoms with E-state index in [4.69, 9.17) is 9.47 Å². The molecule has 0 bridgehead atoms. The van der Waals surface area contributed by atoms with Gasteiger partial charge in [0, 0.05) is 25.6 Å². The first kappa shape index (κ1) is 24.3. The molecule has 3 aromatic rings. The quantitative estimate of drug-likeness (QED) is 0.404. The number of ether oxygens (including phenoxy) is 2. The minimum atomic E-state index is -0.124. The SMILES string of the molecule is CCCC(=O)c1cc2n(n1)CCOC2c1ccccc1.CN1C(=C2CCC2)CCOc2ccccc21. The van der Waals surface area contributed by atoms with Gasteiger partial charge in [-0.1, -0.05) is 55.0 Å². The van der Waals surface area contributed by atoms with E-state index in [1.165, 1.54) is 30.6 Å². The average molecular weight is 486 g/mol. The molecule has 188 valence electrons. The number of para-hydroxylation sites is 2. The van der Waals surface area contributed by atoms with Gasteiger partial charge in [-0.3, -0.25) is 9.48 Å². The van der Waals surface area contributed by atoms with Crippen molar-refractivity contribution < 1.29 is 14.3 Å². The second kappa shape index (κ2) is 11.1. The molecule has 2 aliphatic heterocycles. The number of aromatic nitrogens is 2. The van der Waals surface area contributed by atoms with E-state index in [1.807, 2.05) is 54.1 Å². The van der Waals surface area contributed by atoms with Gasteiger partial charge in [-0.05, 0) is 49.4 Å². The van der Waals surface area contributed by atoms with E-state index >= 15 is 0 Å². The number of fused-ring (bicyclic) bond motifs is 2. The Morgan fingerprint density at radius 3 is 2.56 bits per heavy atom. The molecule has 0 saturated heterocycles. The first-order valence-corrected chi connectivity index (χ1v) is 13.1. The maximum atomic E-state index is 12.0. The van der Waals surface area contributed by atoms with Crippen LogP contribution in [0, 0.1) is 0 Å². The lowest BCUT2D eigenvalue weighted by atomic mass is 9.89. The molecule has 3 heterocycles. The third-order valence-electron chi connectivity index (χ3n) is 7.13. The van der Waals surface area contributed by atoms with E-state index in [0.717, 1.165) is 36.5 Å². The highest BCUT2D eigenvalue weighted by atomic mass is 16.5. The van der Waals surface area contributed by atoms with Crippen molar-refractivity contribution in [2.24, 2.45) is 0 Å². The third kappa shape index (κ3) is 5.09. The van der Waals surface area contributed by atoms with Crippen molar-refractivity contribution in [3.05, 3.63) is 88.9 Å². The Morgan fingerprint density at radius 1 is 1.03 bits per heavy atom. The van der Waals surface area contributed by atoms with Gasteiger partial charge in [-0.15, -0.1) is 0 Å². The summed E-state index contributed by atoms with van der Waals surface area (Å²) in [6, 6.07) is 20.3. The van der Waals surface area contributed by atoms with Crippen molar-refractivity contribution in [3.8, 4) is 5.75 Å². The number of Topliss-reactive ketones (excluding diaryl/α,β-unsaturated/α-hetero) is 1. The Labute approximate surface area is 213 Å². The lowest BCUT2D eigenvalue weighted by Gasteiger charge is -2.28. The minimum Gasteiger partial charge on any atom is -0.491 e. The van der Waals surface area contributed by atoms with Crippen molar-refractivity contribution in [1.82, 2.24) is 9.78 Å². The fourth-order valence-corrected chi connectivity index (χ4v) is 5.03. The van der Waals surface area contributed by atoms with Crippen LogP contribution in [0.5, 0.6) is 5.75 Å². The smallest absolute Gasteiger partial charge is 0.183 e. The molecule has 6 rings (SSSR count). The van der Waals surface area contributed by atoms with Gasteiger partial charge in [-0.2, -0.15) is 5.10 Å². The number of allylic oxidation sites excluding steroid dienone is 1. The largest absolute Gasteiger partial charge is 0.491 e. The van der Waals surface area contributed by atoms with Crippen LogP contribution in [0.3, 0.4) is 0 Å². The van der Waals surface area contributed by atoms with E-state index < -0.39 is 0 Å². The number of rotatable bonds is 4. The standard InChI is InChI=1S/C16H18N2O2.C14H17NO/c1-2-6-15(19)13-11-14-16(12-7-4-3-5-8-12)20-10-9-18(14)17-13;1-15-12(11-5-4-6-11)9-10-16-14-8-3-2-7-13(14)15/h3-5,7-8,11,16H,2,6,9-10H2,1H3;2-3,7-8H,4-6,9-10H2,1H3. The van der Waals surface area contributed by atoms with Gasteiger partial charge in [0.1, 0.15) is 17.5 Å². The van der Waals surface area contributed by atoms with Crippen LogP contribution in [0.2, 0.25) is 0 Å². The molecule has 1 saturated carbocycles. The van der Waals surface area contributed by atoms with E-state index in [-0.39, 0.29) is 11.9 Å². The summed E-state index contributed by atoms with van der Waals surface area (Å²) in [7, 11) is 2.16. The molecular weight excluding hydrogens is 450 g/mol. The van der Waals surface area contributed by atoms with Gasteiger partial charge >= 0.3 is 0 Å². The van der Waals surface area contributed by atoms with E-state index in [0.29, 0.717) is 25.3 Å². The molecule has 1 atom stereocenters. The minimum absolute atomic E-state index is 0.112. The molecule has 36 heavy (non-hydrogen) atoms. The normalized spacial score (nSPS) is 18.6. The Kier molecular flexibility index (Phi) is 7.52. The molecule has 2 aromatic carbocycles. The van der Waals surface area contributed by atoms with Crippen LogP contribution in [0.4, 0.5) is 5.69 Å². The lowest BCUT2D eigenvalue weighted by molar-refractivity contribution is 0.0421. The summed E-state index contributed by atoms with van der Waals surface area (Å²) >= 11 is 0. The first-order valence-electron chi connectivity index (χ1n) is 13.1. The highest BCUT2D eigenvalue weighted by Crippen LogP contribution is 2.38. The zero-order chi connectivity index (χ0) is 24.9. The molecule has 0 spiro atoms. The van der Waals surface area contributed by atoms with Gasteiger partial charge in [0.15, 0.2) is 5.78 Å². The van der Waals surface area contributed by atoms with Gasteiger partial charge in [0.05, 0.1) is 31.1 Å². The monoisotopic (exact) mass is 485 g/mol. The summed E-state index contributed by atoms with van der Waals surface area (Å²) in [6.45, 7) is 4.14. The molecule has 6 heteroatoms. The van der Waals surface area contributed by atoms with Gasteiger partial charge in [-0.25, -0.2) is 0 Å². The summed E-state index contributed by atoms with van der Waals surface area (Å²) in [4.78, 5) is 14.3. The number of hydrogen-bond acceptors (Lipinski definition) is 5. The van der Waals surface area contributed by atoms with Crippen LogP contribution in [0.15, 0.2) is 71.9 Å². The number of anilines is 1. The molecule has 0 N–H and O–H groups in total. The molecular formula is C30H35N3O3. The molecule has 1 aliphatic carbocycles. The Bertz CT molecular complexity index is 1230. The average Bonchev–Trinajstić information content (AvgIpc) is 3.26. The van der Waals surface area contributed by atoms with Crippen LogP contribution >= 0.6 is 0 Å². The fourth-order valence-electron chi connectivity index (χ4n) is 5.03. The van der Waals surface area contributed by atoms with Gasteiger partial charge in [0.25, 0.3) is 0 Å². The number of benzene rings is 2. The summed E-state index contributed by atoms with van der Waals surface area (Å²) in [5.74, 6) is 1.13. The predicted molar refractivity (Wildman–Crippen MR) is 142 cm³/mol. The highest BCUT2D eigenvalue weighted by Gasteiger charge is 2.26. The Morgan fingerprint density at radius 2 is 1.81 bits per heavy atom. The zero-order valence-electron chi connectivity index (χ0n) is 21.3. The Hall–Kier alpha value is -3.38. The van der Waals surface area contributed by atoms with Crippen LogP contribution in [-0.2, 0) is 11.3 Å². The molecule has 3 aliphatic rings.